The zero-order valence-electron chi connectivity index (χ0n) is 18.3. The summed E-state index contributed by atoms with van der Waals surface area (Å²) in [5, 5.41) is 5.90. The van der Waals surface area contributed by atoms with Crippen LogP contribution in [-0.4, -0.2) is 24.2 Å². The average molecular weight is 525 g/mol. The Bertz CT molecular complexity index is 1140. The van der Waals surface area contributed by atoms with Crippen molar-refractivity contribution in [3.63, 3.8) is 0 Å². The Labute approximate surface area is 207 Å². The molecule has 0 unspecified atom stereocenters. The van der Waals surface area contributed by atoms with Crippen molar-refractivity contribution in [1.82, 2.24) is 5.32 Å². The lowest BCUT2D eigenvalue weighted by Gasteiger charge is -2.14. The monoisotopic (exact) mass is 524 g/mol. The molecule has 3 aromatic carbocycles. The lowest BCUT2D eigenvalue weighted by Crippen LogP contribution is -2.34. The van der Waals surface area contributed by atoms with E-state index in [2.05, 4.69) is 33.1 Å². The third-order valence-corrected chi connectivity index (χ3v) is 5.18. The highest BCUT2D eigenvalue weighted by molar-refractivity contribution is 9.10. The Morgan fingerprint density at radius 3 is 2.58 bits per heavy atom. The molecule has 0 aliphatic heterocycles. The largest absolute Gasteiger partial charge is 0.492 e. The number of ether oxygens (including phenoxy) is 2. The van der Waals surface area contributed by atoms with Crippen molar-refractivity contribution in [1.29, 1.82) is 0 Å². The maximum absolute atomic E-state index is 12.9. The van der Waals surface area contributed by atoms with Gasteiger partial charge in [-0.25, -0.2) is 0 Å². The Balaban J connectivity index is 1.61. The number of hydrogen-bond acceptors (Lipinski definition) is 4. The van der Waals surface area contributed by atoms with Gasteiger partial charge in [0.05, 0.1) is 12.2 Å². The highest BCUT2D eigenvalue weighted by Gasteiger charge is 2.15. The number of carbonyl (C=O) groups is 1. The number of halogens is 1. The molecule has 0 saturated heterocycles. The van der Waals surface area contributed by atoms with Crippen molar-refractivity contribution in [3.8, 4) is 11.5 Å². The molecule has 3 rings (SSSR count). The van der Waals surface area contributed by atoms with Gasteiger partial charge in [0, 0.05) is 22.6 Å². The van der Waals surface area contributed by atoms with Crippen LogP contribution in [-0.2, 0) is 6.42 Å². The molecule has 0 spiro atoms. The van der Waals surface area contributed by atoms with E-state index in [0.717, 1.165) is 16.5 Å². The number of anilines is 1. The van der Waals surface area contributed by atoms with Crippen molar-refractivity contribution in [2.24, 2.45) is 0 Å². The molecule has 0 aliphatic carbocycles. The van der Waals surface area contributed by atoms with Gasteiger partial charge in [0.25, 0.3) is 5.91 Å². The molecule has 2 N–H and O–H groups in total. The van der Waals surface area contributed by atoms with E-state index in [1.54, 1.807) is 18.2 Å². The van der Waals surface area contributed by atoms with Crippen LogP contribution in [0.2, 0.25) is 0 Å². The molecule has 170 valence electrons. The fraction of sp³-hybridized carbons (Fsp3) is 0.154. The van der Waals surface area contributed by atoms with E-state index >= 15 is 0 Å². The minimum atomic E-state index is -0.363. The van der Waals surface area contributed by atoms with Crippen LogP contribution in [0.1, 0.15) is 22.8 Å². The summed E-state index contributed by atoms with van der Waals surface area (Å²) in [6.07, 6.45) is 0.738. The van der Waals surface area contributed by atoms with Crippen LogP contribution in [0.15, 0.2) is 89.4 Å². The zero-order valence-corrected chi connectivity index (χ0v) is 20.7. The first-order valence-electron chi connectivity index (χ1n) is 10.4. The average Bonchev–Trinajstić information content (AvgIpc) is 2.79. The van der Waals surface area contributed by atoms with E-state index in [-0.39, 0.29) is 11.0 Å². The van der Waals surface area contributed by atoms with Gasteiger partial charge in [-0.3, -0.25) is 10.1 Å². The lowest BCUT2D eigenvalue weighted by atomic mass is 10.1. The van der Waals surface area contributed by atoms with Gasteiger partial charge < -0.3 is 14.8 Å². The van der Waals surface area contributed by atoms with E-state index in [1.807, 2.05) is 61.5 Å². The van der Waals surface area contributed by atoms with Gasteiger partial charge in [-0.15, -0.1) is 0 Å². The Morgan fingerprint density at radius 2 is 1.82 bits per heavy atom. The van der Waals surface area contributed by atoms with Crippen molar-refractivity contribution < 1.29 is 14.3 Å². The standard InChI is InChI=1S/C26H25BrN2O3S/c1-18(2)17-32-22-10-6-9-21(16-22)28-26(33)29-25(30)23-15-20(27)11-12-24(23)31-14-13-19-7-4-3-5-8-19/h3-12,15-16H,1,13-14,17H2,2H3,(H2,28,29,30,33). The number of thiocarbonyl (C=S) groups is 1. The molecule has 0 aliphatic rings. The fourth-order valence-electron chi connectivity index (χ4n) is 2.93. The minimum absolute atomic E-state index is 0.173. The zero-order chi connectivity index (χ0) is 23.6. The quantitative estimate of drug-likeness (QED) is 0.259. The summed E-state index contributed by atoms with van der Waals surface area (Å²) < 4.78 is 12.3. The van der Waals surface area contributed by atoms with Gasteiger partial charge in [-0.05, 0) is 60.6 Å². The van der Waals surface area contributed by atoms with Crippen LogP contribution in [0.4, 0.5) is 5.69 Å². The number of benzene rings is 3. The van der Waals surface area contributed by atoms with Gasteiger partial charge in [0.1, 0.15) is 18.1 Å². The summed E-state index contributed by atoms with van der Waals surface area (Å²) in [6.45, 7) is 6.61. The van der Waals surface area contributed by atoms with Gasteiger partial charge >= 0.3 is 0 Å². The van der Waals surface area contributed by atoms with Crippen molar-refractivity contribution in [2.75, 3.05) is 18.5 Å². The van der Waals surface area contributed by atoms with Crippen LogP contribution in [0.25, 0.3) is 0 Å². The summed E-state index contributed by atoms with van der Waals surface area (Å²) in [5.74, 6) is 0.807. The van der Waals surface area contributed by atoms with Gasteiger partial charge in [-0.2, -0.15) is 0 Å². The number of carbonyl (C=O) groups excluding carboxylic acids is 1. The van der Waals surface area contributed by atoms with Crippen LogP contribution in [0.3, 0.4) is 0 Å². The second kappa shape index (κ2) is 12.2. The molecule has 0 heterocycles. The summed E-state index contributed by atoms with van der Waals surface area (Å²) >= 11 is 8.76. The summed E-state index contributed by atoms with van der Waals surface area (Å²) in [5.41, 5.74) is 3.18. The van der Waals surface area contributed by atoms with Crippen LogP contribution in [0.5, 0.6) is 11.5 Å². The Morgan fingerprint density at radius 1 is 1.03 bits per heavy atom. The van der Waals surface area contributed by atoms with Gasteiger partial charge in [-0.1, -0.05) is 58.9 Å². The third kappa shape index (κ3) is 8.04. The maximum Gasteiger partial charge on any atom is 0.261 e. The molecule has 7 heteroatoms. The molecule has 0 atom stereocenters. The van der Waals surface area contributed by atoms with Crippen molar-refractivity contribution in [3.05, 3.63) is 101 Å². The molecule has 0 radical (unpaired) electrons. The smallest absolute Gasteiger partial charge is 0.261 e. The van der Waals surface area contributed by atoms with Crippen LogP contribution < -0.4 is 20.1 Å². The number of nitrogens with one attached hydrogen (secondary N) is 2. The second-order valence-corrected chi connectivity index (χ2v) is 8.73. The minimum Gasteiger partial charge on any atom is -0.492 e. The first-order chi connectivity index (χ1) is 15.9. The normalized spacial score (nSPS) is 10.2. The SMILES string of the molecule is C=C(C)COc1cccc(NC(=S)NC(=O)c2cc(Br)ccc2OCCc2ccccc2)c1. The van der Waals surface area contributed by atoms with E-state index in [1.165, 1.54) is 5.56 Å². The summed E-state index contributed by atoms with van der Waals surface area (Å²) in [4.78, 5) is 12.9. The van der Waals surface area contributed by atoms with E-state index in [0.29, 0.717) is 36.0 Å². The number of amides is 1. The molecule has 0 aromatic heterocycles. The Hall–Kier alpha value is -3.16. The molecule has 33 heavy (non-hydrogen) atoms. The third-order valence-electron chi connectivity index (χ3n) is 4.48. The highest BCUT2D eigenvalue weighted by atomic mass is 79.9. The molecular formula is C26H25BrN2O3S. The molecule has 0 bridgehead atoms. The first-order valence-corrected chi connectivity index (χ1v) is 11.6. The molecule has 1 amide bonds. The van der Waals surface area contributed by atoms with E-state index in [4.69, 9.17) is 21.7 Å². The molecular weight excluding hydrogens is 500 g/mol. The number of rotatable bonds is 9. The summed E-state index contributed by atoms with van der Waals surface area (Å²) in [7, 11) is 0. The van der Waals surface area contributed by atoms with E-state index < -0.39 is 0 Å². The predicted molar refractivity (Wildman–Crippen MR) is 140 cm³/mol. The first kappa shape index (κ1) is 24.5. The molecule has 0 saturated carbocycles. The maximum atomic E-state index is 12.9. The number of hydrogen-bond donors (Lipinski definition) is 2. The van der Waals surface area contributed by atoms with Gasteiger partial charge in [0.2, 0.25) is 0 Å². The molecule has 3 aromatic rings. The lowest BCUT2D eigenvalue weighted by molar-refractivity contribution is 0.0973. The predicted octanol–water partition coefficient (Wildman–Crippen LogP) is 6.15. The second-order valence-electron chi connectivity index (χ2n) is 7.41. The molecule has 0 fully saturated rings. The van der Waals surface area contributed by atoms with Crippen LogP contribution >= 0.6 is 28.1 Å². The Kier molecular flexibility index (Phi) is 9.04. The van der Waals surface area contributed by atoms with Crippen molar-refractivity contribution in [2.45, 2.75) is 13.3 Å². The fourth-order valence-corrected chi connectivity index (χ4v) is 3.50. The van der Waals surface area contributed by atoms with E-state index in [9.17, 15) is 4.79 Å². The summed E-state index contributed by atoms with van der Waals surface area (Å²) in [6, 6.07) is 22.7. The van der Waals surface area contributed by atoms with Gasteiger partial charge in [0.15, 0.2) is 5.11 Å². The van der Waals surface area contributed by atoms with Crippen molar-refractivity contribution >= 4 is 44.9 Å². The molecule has 5 nitrogen and oxygen atoms in total. The highest BCUT2D eigenvalue weighted by Crippen LogP contribution is 2.24. The van der Waals surface area contributed by atoms with Crippen LogP contribution in [0, 0.1) is 0 Å². The topological polar surface area (TPSA) is 59.6 Å².